The number of phenolic OH excluding ortho intramolecular Hbond substituents is 1. The summed E-state index contributed by atoms with van der Waals surface area (Å²) < 4.78 is 5.28. The average molecular weight is 290 g/mol. The van der Waals surface area contributed by atoms with Crippen LogP contribution in [0.4, 0.5) is 0 Å². The third-order valence-corrected chi connectivity index (χ3v) is 3.48. The Kier molecular flexibility index (Phi) is 5.36. The van der Waals surface area contributed by atoms with Crippen molar-refractivity contribution in [2.45, 2.75) is 32.9 Å². The first-order valence-electron chi connectivity index (χ1n) is 7.26. The Morgan fingerprint density at radius 3 is 2.71 bits per heavy atom. The van der Waals surface area contributed by atoms with E-state index in [-0.39, 0.29) is 5.75 Å². The summed E-state index contributed by atoms with van der Waals surface area (Å²) in [6, 6.07) is 8.66. The van der Waals surface area contributed by atoms with Gasteiger partial charge in [-0.2, -0.15) is 0 Å². The molecular formula is C16H22N2O3. The number of aliphatic hydroxyl groups excluding tert-OH is 1. The number of benzene rings is 1. The average Bonchev–Trinajstić information content (AvgIpc) is 2.94. The zero-order valence-electron chi connectivity index (χ0n) is 12.5. The van der Waals surface area contributed by atoms with Crippen molar-refractivity contribution in [1.82, 2.24) is 10.1 Å². The predicted octanol–water partition coefficient (Wildman–Crippen LogP) is 2.50. The molecule has 0 saturated carbocycles. The summed E-state index contributed by atoms with van der Waals surface area (Å²) in [7, 11) is 0. The van der Waals surface area contributed by atoms with E-state index < -0.39 is 6.10 Å². The first kappa shape index (κ1) is 15.5. The van der Waals surface area contributed by atoms with Crippen LogP contribution in [0.25, 0.3) is 0 Å². The minimum atomic E-state index is -0.648. The van der Waals surface area contributed by atoms with Crippen LogP contribution in [0, 0.1) is 0 Å². The molecule has 2 N–H and O–H groups in total. The Bertz CT molecular complexity index is 568. The third kappa shape index (κ3) is 4.31. The molecule has 21 heavy (non-hydrogen) atoms. The summed E-state index contributed by atoms with van der Waals surface area (Å²) in [4.78, 5) is 2.08. The highest BCUT2D eigenvalue weighted by Gasteiger charge is 2.15. The summed E-state index contributed by atoms with van der Waals surface area (Å²) in [6.07, 6.45) is 0.201. The van der Waals surface area contributed by atoms with Gasteiger partial charge in [-0.05, 0) is 30.7 Å². The van der Waals surface area contributed by atoms with Gasteiger partial charge in [0.1, 0.15) is 5.75 Å². The Labute approximate surface area is 124 Å². The number of likely N-dealkylation sites (N-methyl/N-ethyl adjacent to an activating group) is 1. The zero-order chi connectivity index (χ0) is 15.2. The van der Waals surface area contributed by atoms with Gasteiger partial charge in [-0.3, -0.25) is 4.90 Å². The molecular weight excluding hydrogens is 268 g/mol. The van der Waals surface area contributed by atoms with Crippen molar-refractivity contribution in [2.24, 2.45) is 0 Å². The first-order valence-corrected chi connectivity index (χ1v) is 7.26. The van der Waals surface area contributed by atoms with Gasteiger partial charge in [-0.25, -0.2) is 0 Å². The topological polar surface area (TPSA) is 69.7 Å². The molecule has 0 amide bonds. The fourth-order valence-corrected chi connectivity index (χ4v) is 2.20. The van der Waals surface area contributed by atoms with Crippen molar-refractivity contribution in [2.75, 3.05) is 13.1 Å². The number of hydrogen-bond donors (Lipinski definition) is 2. The second kappa shape index (κ2) is 7.24. The van der Waals surface area contributed by atoms with E-state index in [1.165, 1.54) is 0 Å². The third-order valence-electron chi connectivity index (χ3n) is 3.48. The maximum Gasteiger partial charge on any atom is 0.150 e. The van der Waals surface area contributed by atoms with Crippen LogP contribution in [0.3, 0.4) is 0 Å². The zero-order valence-corrected chi connectivity index (χ0v) is 12.5. The molecule has 0 bridgehead atoms. The van der Waals surface area contributed by atoms with Gasteiger partial charge in [0.2, 0.25) is 0 Å². The minimum Gasteiger partial charge on any atom is -0.508 e. The second-order valence-electron chi connectivity index (χ2n) is 5.08. The van der Waals surface area contributed by atoms with Crippen LogP contribution in [0.1, 0.15) is 37.0 Å². The molecule has 0 aliphatic heterocycles. The number of aromatic nitrogens is 1. The van der Waals surface area contributed by atoms with Crippen molar-refractivity contribution in [3.05, 3.63) is 47.3 Å². The molecule has 2 aromatic rings. The molecule has 2 rings (SSSR count). The van der Waals surface area contributed by atoms with Crippen LogP contribution in [-0.2, 0) is 13.0 Å². The van der Waals surface area contributed by atoms with Gasteiger partial charge in [0.25, 0.3) is 0 Å². The van der Waals surface area contributed by atoms with Crippen molar-refractivity contribution in [1.29, 1.82) is 0 Å². The lowest BCUT2D eigenvalue weighted by atomic mass is 10.1. The lowest BCUT2D eigenvalue weighted by Gasteiger charge is -2.22. The summed E-state index contributed by atoms with van der Waals surface area (Å²) in [6.45, 7) is 5.94. The number of aromatic hydroxyl groups is 1. The van der Waals surface area contributed by atoms with Gasteiger partial charge in [-0.1, -0.05) is 31.1 Å². The van der Waals surface area contributed by atoms with Crippen LogP contribution in [0.5, 0.6) is 5.75 Å². The lowest BCUT2D eigenvalue weighted by Crippen LogP contribution is -2.28. The predicted molar refractivity (Wildman–Crippen MR) is 79.9 cm³/mol. The van der Waals surface area contributed by atoms with Gasteiger partial charge >= 0.3 is 0 Å². The van der Waals surface area contributed by atoms with E-state index in [0.717, 1.165) is 24.4 Å². The summed E-state index contributed by atoms with van der Waals surface area (Å²) in [5.41, 5.74) is 1.65. The molecule has 1 heterocycles. The van der Waals surface area contributed by atoms with Crippen molar-refractivity contribution in [3.63, 3.8) is 0 Å². The van der Waals surface area contributed by atoms with Crippen LogP contribution in [0.2, 0.25) is 0 Å². The van der Waals surface area contributed by atoms with Gasteiger partial charge in [0.05, 0.1) is 18.3 Å². The fourth-order valence-electron chi connectivity index (χ4n) is 2.20. The SMILES string of the molecule is CCc1cc(CN(CC)C[C@@H](O)c2cccc(O)c2)on1. The van der Waals surface area contributed by atoms with Crippen molar-refractivity contribution >= 4 is 0 Å². The van der Waals surface area contributed by atoms with Crippen LogP contribution in [-0.4, -0.2) is 33.4 Å². The van der Waals surface area contributed by atoms with Crippen LogP contribution in [0.15, 0.2) is 34.9 Å². The van der Waals surface area contributed by atoms with E-state index in [1.54, 1.807) is 18.2 Å². The van der Waals surface area contributed by atoms with E-state index in [4.69, 9.17) is 4.52 Å². The Morgan fingerprint density at radius 1 is 1.29 bits per heavy atom. The molecule has 5 heteroatoms. The van der Waals surface area contributed by atoms with Gasteiger partial charge in [0, 0.05) is 12.6 Å². The molecule has 1 aromatic heterocycles. The summed E-state index contributed by atoms with van der Waals surface area (Å²) >= 11 is 0. The molecule has 1 atom stereocenters. The Morgan fingerprint density at radius 2 is 2.10 bits per heavy atom. The number of aliphatic hydroxyl groups is 1. The quantitative estimate of drug-likeness (QED) is 0.820. The molecule has 0 aliphatic carbocycles. The Hall–Kier alpha value is -1.85. The summed E-state index contributed by atoms with van der Waals surface area (Å²) in [5, 5.41) is 23.7. The van der Waals surface area contributed by atoms with Gasteiger partial charge in [0.15, 0.2) is 5.76 Å². The highest BCUT2D eigenvalue weighted by atomic mass is 16.5. The Balaban J connectivity index is 1.98. The van der Waals surface area contributed by atoms with Crippen molar-refractivity contribution < 1.29 is 14.7 Å². The van der Waals surface area contributed by atoms with Crippen LogP contribution >= 0.6 is 0 Å². The fraction of sp³-hybridized carbons (Fsp3) is 0.438. The van der Waals surface area contributed by atoms with E-state index in [0.29, 0.717) is 18.7 Å². The number of phenols is 1. The molecule has 0 fully saturated rings. The largest absolute Gasteiger partial charge is 0.508 e. The molecule has 0 radical (unpaired) electrons. The molecule has 0 spiro atoms. The smallest absolute Gasteiger partial charge is 0.150 e. The van der Waals surface area contributed by atoms with E-state index in [1.807, 2.05) is 26.0 Å². The second-order valence-corrected chi connectivity index (χ2v) is 5.08. The molecule has 114 valence electrons. The van der Waals surface area contributed by atoms with Gasteiger partial charge in [-0.15, -0.1) is 0 Å². The maximum absolute atomic E-state index is 10.3. The highest BCUT2D eigenvalue weighted by molar-refractivity contribution is 5.28. The maximum atomic E-state index is 10.3. The van der Waals surface area contributed by atoms with Gasteiger partial charge < -0.3 is 14.7 Å². The first-order chi connectivity index (χ1) is 10.1. The summed E-state index contributed by atoms with van der Waals surface area (Å²) in [5.74, 6) is 0.967. The lowest BCUT2D eigenvalue weighted by molar-refractivity contribution is 0.106. The van der Waals surface area contributed by atoms with Crippen LogP contribution < -0.4 is 0 Å². The standard InChI is InChI=1S/C16H22N2O3/c1-3-13-9-15(21-17-13)10-18(4-2)11-16(20)12-6-5-7-14(19)8-12/h5-9,16,19-20H,3-4,10-11H2,1-2H3/t16-/m1/s1. The normalized spacial score (nSPS) is 12.8. The van der Waals surface area contributed by atoms with E-state index in [9.17, 15) is 10.2 Å². The molecule has 0 aliphatic rings. The monoisotopic (exact) mass is 290 g/mol. The number of hydrogen-bond acceptors (Lipinski definition) is 5. The number of nitrogens with zero attached hydrogens (tertiary/aromatic N) is 2. The molecule has 5 nitrogen and oxygen atoms in total. The number of rotatable bonds is 7. The molecule has 0 unspecified atom stereocenters. The molecule has 1 aromatic carbocycles. The van der Waals surface area contributed by atoms with Crippen molar-refractivity contribution in [3.8, 4) is 5.75 Å². The minimum absolute atomic E-state index is 0.164. The molecule has 0 saturated heterocycles. The van der Waals surface area contributed by atoms with E-state index in [2.05, 4.69) is 10.1 Å². The van der Waals surface area contributed by atoms with E-state index >= 15 is 0 Å². The highest BCUT2D eigenvalue weighted by Crippen LogP contribution is 2.20. The number of aryl methyl sites for hydroxylation is 1.